The summed E-state index contributed by atoms with van der Waals surface area (Å²) in [5, 5.41) is 21.1. The maximum absolute atomic E-state index is 10.7. The van der Waals surface area contributed by atoms with Gasteiger partial charge in [-0.2, -0.15) is 0 Å². The lowest BCUT2D eigenvalue weighted by atomic mass is 9.94. The van der Waals surface area contributed by atoms with E-state index in [1.165, 1.54) is 12.1 Å². The van der Waals surface area contributed by atoms with Crippen LogP contribution in [0.4, 0.5) is 17.3 Å². The Morgan fingerprint density at radius 3 is 2.75 bits per heavy atom. The number of nitrogens with two attached hydrogens (primary N) is 1. The topological polar surface area (TPSA) is 115 Å². The number of likely N-dealkylation sites (N-methyl/N-ethyl adjacent to an activating group) is 1. The van der Waals surface area contributed by atoms with E-state index in [-0.39, 0.29) is 11.5 Å². The number of pyridine rings is 1. The Morgan fingerprint density at radius 2 is 2.20 bits per heavy atom. The van der Waals surface area contributed by atoms with Gasteiger partial charge in [0.15, 0.2) is 0 Å². The van der Waals surface area contributed by atoms with Crippen LogP contribution in [0.25, 0.3) is 0 Å². The molecule has 0 bridgehead atoms. The smallest absolute Gasteiger partial charge is 0.311 e. The molecule has 1 aliphatic heterocycles. The summed E-state index contributed by atoms with van der Waals surface area (Å²) in [6.45, 7) is 1.43. The zero-order chi connectivity index (χ0) is 14.8. The Hall–Kier alpha value is -1.93. The zero-order valence-electron chi connectivity index (χ0n) is 11.3. The number of nitrogens with zero attached hydrogens (tertiary/aromatic N) is 3. The second kappa shape index (κ2) is 5.59. The number of ether oxygens (including phenoxy) is 1. The van der Waals surface area contributed by atoms with E-state index < -0.39 is 10.5 Å². The summed E-state index contributed by atoms with van der Waals surface area (Å²) in [5.74, 6) is 0.367. The van der Waals surface area contributed by atoms with E-state index in [4.69, 9.17) is 10.5 Å². The number of aromatic nitrogens is 1. The molecule has 0 amide bonds. The van der Waals surface area contributed by atoms with Crippen molar-refractivity contribution in [1.82, 2.24) is 4.98 Å². The molecule has 1 aromatic rings. The molecule has 110 valence electrons. The molecule has 0 saturated carbocycles. The number of nitrogen functional groups attached to an aromatic ring is 1. The average Bonchev–Trinajstić information content (AvgIpc) is 2.38. The van der Waals surface area contributed by atoms with Crippen molar-refractivity contribution in [1.29, 1.82) is 0 Å². The molecular formula is C12H18N4O4. The molecule has 0 aromatic carbocycles. The van der Waals surface area contributed by atoms with Crippen LogP contribution < -0.4 is 10.6 Å². The van der Waals surface area contributed by atoms with Crippen molar-refractivity contribution in [3.05, 3.63) is 22.2 Å². The van der Waals surface area contributed by atoms with E-state index in [0.29, 0.717) is 38.4 Å². The molecule has 0 aliphatic carbocycles. The molecule has 0 radical (unpaired) electrons. The van der Waals surface area contributed by atoms with E-state index >= 15 is 0 Å². The van der Waals surface area contributed by atoms with Gasteiger partial charge >= 0.3 is 5.69 Å². The fraction of sp³-hybridized carbons (Fsp3) is 0.583. The molecule has 8 nitrogen and oxygen atoms in total. The molecule has 1 fully saturated rings. The molecular weight excluding hydrogens is 264 g/mol. The first kappa shape index (κ1) is 14.5. The van der Waals surface area contributed by atoms with Crippen LogP contribution in [0.15, 0.2) is 12.1 Å². The van der Waals surface area contributed by atoms with Crippen LogP contribution in [0.1, 0.15) is 12.8 Å². The standard InChI is InChI=1S/C12H18N4O4/c1-15(8-12(17)4-6-20-7-5-12)10-3-2-9(16(18)19)11(13)14-10/h2-3,17H,4-8H2,1H3,(H2,13,14). The van der Waals surface area contributed by atoms with Crippen LogP contribution in [0.2, 0.25) is 0 Å². The van der Waals surface area contributed by atoms with Crippen molar-refractivity contribution in [3.63, 3.8) is 0 Å². The van der Waals surface area contributed by atoms with Crippen LogP contribution >= 0.6 is 0 Å². The molecule has 8 heteroatoms. The molecule has 1 aromatic heterocycles. The number of aliphatic hydroxyl groups is 1. The van der Waals surface area contributed by atoms with Crippen LogP contribution in [0.3, 0.4) is 0 Å². The summed E-state index contributed by atoms with van der Waals surface area (Å²) in [6.07, 6.45) is 1.11. The molecule has 1 saturated heterocycles. The highest BCUT2D eigenvalue weighted by atomic mass is 16.6. The lowest BCUT2D eigenvalue weighted by Gasteiger charge is -2.35. The summed E-state index contributed by atoms with van der Waals surface area (Å²) >= 11 is 0. The van der Waals surface area contributed by atoms with Gasteiger partial charge in [0.25, 0.3) is 0 Å². The van der Waals surface area contributed by atoms with Crippen molar-refractivity contribution in [3.8, 4) is 0 Å². The summed E-state index contributed by atoms with van der Waals surface area (Å²) < 4.78 is 5.22. The molecule has 0 spiro atoms. The number of nitro groups is 1. The monoisotopic (exact) mass is 282 g/mol. The normalized spacial score (nSPS) is 17.7. The SMILES string of the molecule is CN(CC1(O)CCOCC1)c1ccc([N+](=O)[O-])c(N)n1. The van der Waals surface area contributed by atoms with E-state index in [0.717, 1.165) is 0 Å². The van der Waals surface area contributed by atoms with Crippen molar-refractivity contribution in [2.75, 3.05) is 37.4 Å². The van der Waals surface area contributed by atoms with Crippen LogP contribution in [0, 0.1) is 10.1 Å². The highest BCUT2D eigenvalue weighted by Gasteiger charge is 2.31. The zero-order valence-corrected chi connectivity index (χ0v) is 11.3. The first-order valence-electron chi connectivity index (χ1n) is 6.33. The second-order valence-corrected chi connectivity index (χ2v) is 5.02. The third kappa shape index (κ3) is 3.14. The van der Waals surface area contributed by atoms with Gasteiger partial charge < -0.3 is 20.5 Å². The molecule has 20 heavy (non-hydrogen) atoms. The maximum Gasteiger partial charge on any atom is 0.311 e. The average molecular weight is 282 g/mol. The van der Waals surface area contributed by atoms with Gasteiger partial charge in [0.05, 0.1) is 10.5 Å². The van der Waals surface area contributed by atoms with E-state index in [1.807, 2.05) is 0 Å². The lowest BCUT2D eigenvalue weighted by molar-refractivity contribution is -0.384. The van der Waals surface area contributed by atoms with Gasteiger partial charge in [-0.1, -0.05) is 0 Å². The van der Waals surface area contributed by atoms with Crippen molar-refractivity contribution in [2.45, 2.75) is 18.4 Å². The summed E-state index contributed by atoms with van der Waals surface area (Å²) in [7, 11) is 1.76. The molecule has 0 unspecified atom stereocenters. The van der Waals surface area contributed by atoms with E-state index in [2.05, 4.69) is 4.98 Å². The van der Waals surface area contributed by atoms with Crippen molar-refractivity contribution >= 4 is 17.3 Å². The summed E-state index contributed by atoms with van der Waals surface area (Å²) in [5.41, 5.74) is 4.52. The maximum atomic E-state index is 10.7. The molecule has 2 heterocycles. The minimum absolute atomic E-state index is 0.127. The largest absolute Gasteiger partial charge is 0.388 e. The van der Waals surface area contributed by atoms with Crippen molar-refractivity contribution < 1.29 is 14.8 Å². The van der Waals surface area contributed by atoms with Crippen LogP contribution in [0.5, 0.6) is 0 Å². The van der Waals surface area contributed by atoms with E-state index in [1.54, 1.807) is 11.9 Å². The Morgan fingerprint density at radius 1 is 1.55 bits per heavy atom. The highest BCUT2D eigenvalue weighted by molar-refractivity contribution is 5.57. The number of rotatable bonds is 4. The van der Waals surface area contributed by atoms with E-state index in [9.17, 15) is 15.2 Å². The number of hydrogen-bond donors (Lipinski definition) is 2. The third-order valence-corrected chi connectivity index (χ3v) is 3.43. The summed E-state index contributed by atoms with van der Waals surface area (Å²) in [4.78, 5) is 15.9. The van der Waals surface area contributed by atoms with Gasteiger partial charge in [-0.15, -0.1) is 0 Å². The quantitative estimate of drug-likeness (QED) is 0.612. The van der Waals surface area contributed by atoms with Gasteiger partial charge in [-0.25, -0.2) is 4.98 Å². The fourth-order valence-corrected chi connectivity index (χ4v) is 2.26. The van der Waals surface area contributed by atoms with Gasteiger partial charge in [0, 0.05) is 45.7 Å². The predicted octanol–water partition coefficient (Wildman–Crippen LogP) is 0.550. The Bertz CT molecular complexity index is 502. The van der Waals surface area contributed by atoms with Gasteiger partial charge in [-0.05, 0) is 6.07 Å². The van der Waals surface area contributed by atoms with Gasteiger partial charge in [0.1, 0.15) is 5.82 Å². The van der Waals surface area contributed by atoms with Gasteiger partial charge in [0.2, 0.25) is 5.82 Å². The lowest BCUT2D eigenvalue weighted by Crippen LogP contribution is -2.46. The highest BCUT2D eigenvalue weighted by Crippen LogP contribution is 2.26. The van der Waals surface area contributed by atoms with Crippen LogP contribution in [-0.2, 0) is 4.74 Å². The predicted molar refractivity (Wildman–Crippen MR) is 73.6 cm³/mol. The first-order chi connectivity index (χ1) is 9.41. The number of hydrogen-bond acceptors (Lipinski definition) is 7. The molecule has 2 rings (SSSR count). The molecule has 3 N–H and O–H groups in total. The second-order valence-electron chi connectivity index (χ2n) is 5.02. The minimum atomic E-state index is -0.828. The Labute approximate surface area is 116 Å². The Kier molecular flexibility index (Phi) is 4.05. The summed E-state index contributed by atoms with van der Waals surface area (Å²) in [6, 6.07) is 2.85. The first-order valence-corrected chi connectivity index (χ1v) is 6.33. The molecule has 0 atom stereocenters. The third-order valence-electron chi connectivity index (χ3n) is 3.43. The minimum Gasteiger partial charge on any atom is -0.388 e. The van der Waals surface area contributed by atoms with Gasteiger partial charge in [-0.3, -0.25) is 10.1 Å². The fourth-order valence-electron chi connectivity index (χ4n) is 2.26. The Balaban J connectivity index is 2.11. The van der Waals surface area contributed by atoms with Crippen LogP contribution in [-0.4, -0.2) is 47.4 Å². The molecule has 1 aliphatic rings. The van der Waals surface area contributed by atoms with Crippen molar-refractivity contribution in [2.24, 2.45) is 0 Å². The number of anilines is 2.